The predicted octanol–water partition coefficient (Wildman–Crippen LogP) is 1.61. The van der Waals surface area contributed by atoms with Crippen molar-refractivity contribution in [1.82, 2.24) is 0 Å². The van der Waals surface area contributed by atoms with E-state index in [1.807, 2.05) is 13.0 Å². The van der Waals surface area contributed by atoms with E-state index in [0.29, 0.717) is 0 Å². The monoisotopic (exact) mass is 198 g/mol. The van der Waals surface area contributed by atoms with Crippen molar-refractivity contribution in [3.05, 3.63) is 12.2 Å². The van der Waals surface area contributed by atoms with E-state index in [1.165, 1.54) is 0 Å². The molecule has 1 spiro atoms. The van der Waals surface area contributed by atoms with Crippen molar-refractivity contribution < 1.29 is 14.6 Å². The molecule has 3 heteroatoms. The summed E-state index contributed by atoms with van der Waals surface area (Å²) < 4.78 is 11.6. The second-order valence-corrected chi connectivity index (χ2v) is 4.31. The zero-order chi connectivity index (χ0) is 10.2. The van der Waals surface area contributed by atoms with Gasteiger partial charge in [-0.2, -0.15) is 0 Å². The summed E-state index contributed by atoms with van der Waals surface area (Å²) >= 11 is 0. The Labute approximate surface area is 84.7 Å². The second kappa shape index (κ2) is 3.65. The maximum Gasteiger partial charge on any atom is 0.188 e. The number of aliphatic hydroxyl groups excluding tert-OH is 1. The van der Waals surface area contributed by atoms with Gasteiger partial charge < -0.3 is 14.6 Å². The van der Waals surface area contributed by atoms with Crippen LogP contribution in [0, 0.1) is 0 Å². The van der Waals surface area contributed by atoms with Gasteiger partial charge in [0.25, 0.3) is 0 Å². The minimum absolute atomic E-state index is 0.176. The number of rotatable bonds is 0. The summed E-state index contributed by atoms with van der Waals surface area (Å²) in [4.78, 5) is 0. The van der Waals surface area contributed by atoms with E-state index in [9.17, 15) is 5.11 Å². The minimum Gasteiger partial charge on any atom is -0.386 e. The lowest BCUT2D eigenvalue weighted by Gasteiger charge is -2.42. The van der Waals surface area contributed by atoms with E-state index in [0.717, 1.165) is 19.3 Å². The normalized spacial score (nSPS) is 48.4. The molecule has 0 radical (unpaired) electrons. The van der Waals surface area contributed by atoms with Gasteiger partial charge in [-0.1, -0.05) is 6.08 Å². The third-order valence-electron chi connectivity index (χ3n) is 2.95. The summed E-state index contributed by atoms with van der Waals surface area (Å²) in [5, 5.41) is 9.49. The summed E-state index contributed by atoms with van der Waals surface area (Å²) in [7, 11) is 0. The Kier molecular flexibility index (Phi) is 2.64. The van der Waals surface area contributed by atoms with Crippen molar-refractivity contribution in [3.8, 4) is 0 Å². The Morgan fingerprint density at radius 3 is 2.79 bits per heavy atom. The molecular weight excluding hydrogens is 180 g/mol. The van der Waals surface area contributed by atoms with E-state index in [4.69, 9.17) is 9.47 Å². The molecule has 2 rings (SSSR count). The summed E-state index contributed by atoms with van der Waals surface area (Å²) in [6, 6.07) is 0. The van der Waals surface area contributed by atoms with Crippen molar-refractivity contribution in [1.29, 1.82) is 0 Å². The first-order valence-corrected chi connectivity index (χ1v) is 5.34. The van der Waals surface area contributed by atoms with Gasteiger partial charge in [0.15, 0.2) is 5.79 Å². The number of aliphatic hydroxyl groups is 1. The summed E-state index contributed by atoms with van der Waals surface area (Å²) in [6.45, 7) is 3.94. The van der Waals surface area contributed by atoms with Crippen molar-refractivity contribution in [3.63, 3.8) is 0 Å². The van der Waals surface area contributed by atoms with E-state index < -0.39 is 11.9 Å². The van der Waals surface area contributed by atoms with Crippen LogP contribution in [0.4, 0.5) is 0 Å². The van der Waals surface area contributed by atoms with Crippen LogP contribution in [0.5, 0.6) is 0 Å². The first-order chi connectivity index (χ1) is 6.61. The van der Waals surface area contributed by atoms with Crippen LogP contribution in [0.25, 0.3) is 0 Å². The van der Waals surface area contributed by atoms with E-state index >= 15 is 0 Å². The number of hydrogen-bond acceptors (Lipinski definition) is 3. The lowest BCUT2D eigenvalue weighted by Crippen LogP contribution is -2.47. The molecule has 0 bridgehead atoms. The fraction of sp³-hybridized carbons (Fsp3) is 0.818. The first kappa shape index (κ1) is 10.1. The van der Waals surface area contributed by atoms with Crippen LogP contribution in [-0.4, -0.2) is 29.2 Å². The van der Waals surface area contributed by atoms with Crippen LogP contribution in [-0.2, 0) is 9.47 Å². The largest absolute Gasteiger partial charge is 0.386 e. The highest BCUT2D eigenvalue weighted by molar-refractivity contribution is 5.07. The molecule has 1 N–H and O–H groups in total. The minimum atomic E-state index is -0.559. The standard InChI is InChI=1S/C11H18O3/c1-8-4-3-6-11(13-8)7-5-10(12)9(2)14-11/h5,7-10,12H,3-4,6H2,1-2H3. The molecule has 0 amide bonds. The first-order valence-electron chi connectivity index (χ1n) is 5.34. The Morgan fingerprint density at radius 1 is 1.36 bits per heavy atom. The third kappa shape index (κ3) is 1.85. The molecule has 1 saturated heterocycles. The fourth-order valence-electron chi connectivity index (χ4n) is 2.13. The summed E-state index contributed by atoms with van der Waals surface area (Å²) in [5.41, 5.74) is 0. The molecule has 1 fully saturated rings. The fourth-order valence-corrected chi connectivity index (χ4v) is 2.13. The number of ether oxygens (including phenoxy) is 2. The molecule has 0 aromatic carbocycles. The topological polar surface area (TPSA) is 38.7 Å². The smallest absolute Gasteiger partial charge is 0.188 e. The van der Waals surface area contributed by atoms with Crippen molar-refractivity contribution in [2.45, 2.75) is 57.2 Å². The molecule has 4 unspecified atom stereocenters. The zero-order valence-electron chi connectivity index (χ0n) is 8.77. The van der Waals surface area contributed by atoms with Gasteiger partial charge in [0.2, 0.25) is 0 Å². The van der Waals surface area contributed by atoms with Gasteiger partial charge in [0, 0.05) is 6.42 Å². The SMILES string of the molecule is CC1CCCC2(C=CC(O)C(C)O2)O1. The van der Waals surface area contributed by atoms with Gasteiger partial charge >= 0.3 is 0 Å². The van der Waals surface area contributed by atoms with Crippen LogP contribution >= 0.6 is 0 Å². The molecule has 0 aromatic heterocycles. The zero-order valence-corrected chi connectivity index (χ0v) is 8.77. The second-order valence-electron chi connectivity index (χ2n) is 4.31. The highest BCUT2D eigenvalue weighted by Crippen LogP contribution is 2.35. The Balaban J connectivity index is 2.12. The van der Waals surface area contributed by atoms with Crippen molar-refractivity contribution in [2.24, 2.45) is 0 Å². The van der Waals surface area contributed by atoms with Gasteiger partial charge in [-0.05, 0) is 32.8 Å². The summed E-state index contributed by atoms with van der Waals surface area (Å²) in [6.07, 6.45) is 6.33. The van der Waals surface area contributed by atoms with Crippen LogP contribution in [0.2, 0.25) is 0 Å². The van der Waals surface area contributed by atoms with Gasteiger partial charge in [-0.3, -0.25) is 0 Å². The molecule has 14 heavy (non-hydrogen) atoms. The molecule has 2 heterocycles. The van der Waals surface area contributed by atoms with Gasteiger partial charge in [-0.15, -0.1) is 0 Å². The van der Waals surface area contributed by atoms with Crippen molar-refractivity contribution >= 4 is 0 Å². The lowest BCUT2D eigenvalue weighted by molar-refractivity contribution is -0.277. The molecule has 3 nitrogen and oxygen atoms in total. The molecule has 0 saturated carbocycles. The van der Waals surface area contributed by atoms with E-state index in [-0.39, 0.29) is 12.2 Å². The van der Waals surface area contributed by atoms with Crippen LogP contribution < -0.4 is 0 Å². The summed E-state index contributed by atoms with van der Waals surface area (Å²) in [5.74, 6) is -0.559. The maximum atomic E-state index is 9.49. The molecule has 0 aromatic rings. The lowest BCUT2D eigenvalue weighted by atomic mass is 9.98. The quantitative estimate of drug-likeness (QED) is 0.601. The van der Waals surface area contributed by atoms with Gasteiger partial charge in [-0.25, -0.2) is 0 Å². The van der Waals surface area contributed by atoms with Crippen LogP contribution in [0.3, 0.4) is 0 Å². The molecule has 2 aliphatic heterocycles. The van der Waals surface area contributed by atoms with Gasteiger partial charge in [0.05, 0.1) is 18.3 Å². The van der Waals surface area contributed by atoms with E-state index in [2.05, 4.69) is 6.92 Å². The Hall–Kier alpha value is -0.380. The highest BCUT2D eigenvalue weighted by Gasteiger charge is 2.39. The Morgan fingerprint density at radius 2 is 2.14 bits per heavy atom. The molecule has 4 atom stereocenters. The molecule has 2 aliphatic rings. The molecular formula is C11H18O3. The van der Waals surface area contributed by atoms with Crippen LogP contribution in [0.15, 0.2) is 12.2 Å². The average Bonchev–Trinajstić information content (AvgIpc) is 2.12. The maximum absolute atomic E-state index is 9.49. The van der Waals surface area contributed by atoms with Crippen molar-refractivity contribution in [2.75, 3.05) is 0 Å². The molecule has 0 aliphatic carbocycles. The number of hydrogen-bond donors (Lipinski definition) is 1. The Bertz CT molecular complexity index is 239. The highest BCUT2D eigenvalue weighted by atomic mass is 16.7. The average molecular weight is 198 g/mol. The molecule has 80 valence electrons. The third-order valence-corrected chi connectivity index (χ3v) is 2.95. The predicted molar refractivity (Wildman–Crippen MR) is 52.8 cm³/mol. The van der Waals surface area contributed by atoms with Crippen LogP contribution in [0.1, 0.15) is 33.1 Å². The van der Waals surface area contributed by atoms with E-state index in [1.54, 1.807) is 6.08 Å². The van der Waals surface area contributed by atoms with Gasteiger partial charge in [0.1, 0.15) is 0 Å².